The molecule has 3 rings (SSSR count). The summed E-state index contributed by atoms with van der Waals surface area (Å²) in [6.07, 6.45) is 3.49. The minimum absolute atomic E-state index is 0.335. The molecule has 110 valence electrons. The molecule has 0 aromatic heterocycles. The Morgan fingerprint density at radius 1 is 0.905 bits per heavy atom. The van der Waals surface area contributed by atoms with Crippen LogP contribution in [-0.4, -0.2) is 15.0 Å². The van der Waals surface area contributed by atoms with Gasteiger partial charge in [0.15, 0.2) is 0 Å². The van der Waals surface area contributed by atoms with Crippen LogP contribution in [0.1, 0.15) is 19.3 Å². The van der Waals surface area contributed by atoms with Crippen LogP contribution in [0.5, 0.6) is 0 Å². The molecule has 0 spiro atoms. The molecular formula is C17H19NO2S. The van der Waals surface area contributed by atoms with E-state index in [-0.39, 0.29) is 0 Å². The summed E-state index contributed by atoms with van der Waals surface area (Å²) in [7, 11) is -3.38. The van der Waals surface area contributed by atoms with Gasteiger partial charge in [-0.2, -0.15) is 0 Å². The first-order chi connectivity index (χ1) is 10.1. The highest BCUT2D eigenvalue weighted by atomic mass is 32.2. The largest absolute Gasteiger partial charge is 0.240 e. The first-order valence-electron chi connectivity index (χ1n) is 7.30. The fourth-order valence-corrected chi connectivity index (χ4v) is 3.58. The molecule has 0 bridgehead atoms. The van der Waals surface area contributed by atoms with Gasteiger partial charge in [-0.3, -0.25) is 0 Å². The van der Waals surface area contributed by atoms with Crippen molar-refractivity contribution < 1.29 is 8.42 Å². The minimum Gasteiger partial charge on any atom is -0.211 e. The second-order valence-corrected chi connectivity index (χ2v) is 7.31. The van der Waals surface area contributed by atoms with E-state index in [0.717, 1.165) is 24.0 Å². The molecule has 0 radical (unpaired) electrons. The topological polar surface area (TPSA) is 46.2 Å². The molecule has 0 unspecified atom stereocenters. The molecule has 0 aliphatic heterocycles. The van der Waals surface area contributed by atoms with Crippen LogP contribution in [0.25, 0.3) is 11.1 Å². The Bertz CT molecular complexity index is 689. The summed E-state index contributed by atoms with van der Waals surface area (Å²) in [5.74, 6) is 0.517. The van der Waals surface area contributed by atoms with Crippen molar-refractivity contribution in [3.8, 4) is 11.1 Å². The third kappa shape index (κ3) is 3.34. The zero-order chi connectivity index (χ0) is 14.7. The summed E-state index contributed by atoms with van der Waals surface area (Å²) in [5.41, 5.74) is 2.11. The molecule has 2 aromatic carbocycles. The molecule has 1 aliphatic carbocycles. The second-order valence-electron chi connectivity index (χ2n) is 5.54. The highest BCUT2D eigenvalue weighted by Gasteiger charge is 2.21. The van der Waals surface area contributed by atoms with Crippen LogP contribution < -0.4 is 4.72 Å². The van der Waals surface area contributed by atoms with Crippen molar-refractivity contribution in [2.75, 3.05) is 6.54 Å². The van der Waals surface area contributed by atoms with Gasteiger partial charge in [0, 0.05) is 6.54 Å². The first-order valence-corrected chi connectivity index (χ1v) is 8.79. The van der Waals surface area contributed by atoms with Crippen LogP contribution in [0.4, 0.5) is 0 Å². The Balaban J connectivity index is 1.73. The van der Waals surface area contributed by atoms with Crippen LogP contribution in [0.15, 0.2) is 59.5 Å². The average Bonchev–Trinajstić information content (AvgIpc) is 2.47. The van der Waals surface area contributed by atoms with Gasteiger partial charge < -0.3 is 0 Å². The van der Waals surface area contributed by atoms with E-state index in [1.165, 1.54) is 6.42 Å². The molecular weight excluding hydrogens is 282 g/mol. The maximum atomic E-state index is 12.2. The van der Waals surface area contributed by atoms with Gasteiger partial charge in [-0.15, -0.1) is 0 Å². The summed E-state index contributed by atoms with van der Waals surface area (Å²) in [6, 6.07) is 17.0. The molecule has 0 atom stereocenters. The quantitative estimate of drug-likeness (QED) is 0.919. The number of benzene rings is 2. The van der Waals surface area contributed by atoms with E-state index in [9.17, 15) is 8.42 Å². The average molecular weight is 301 g/mol. The smallest absolute Gasteiger partial charge is 0.211 e. The van der Waals surface area contributed by atoms with Gasteiger partial charge >= 0.3 is 0 Å². The van der Waals surface area contributed by atoms with E-state index in [1.54, 1.807) is 12.1 Å². The van der Waals surface area contributed by atoms with Crippen LogP contribution in [-0.2, 0) is 10.0 Å². The highest BCUT2D eigenvalue weighted by molar-refractivity contribution is 7.89. The Morgan fingerprint density at radius 2 is 1.52 bits per heavy atom. The molecule has 0 saturated heterocycles. The lowest BCUT2D eigenvalue weighted by Gasteiger charge is -2.25. The zero-order valence-electron chi connectivity index (χ0n) is 11.8. The fourth-order valence-electron chi connectivity index (χ4n) is 2.46. The third-order valence-corrected chi connectivity index (χ3v) is 5.50. The van der Waals surface area contributed by atoms with Crippen LogP contribution >= 0.6 is 0 Å². The maximum absolute atomic E-state index is 12.2. The lowest BCUT2D eigenvalue weighted by atomic mass is 9.86. The van der Waals surface area contributed by atoms with E-state index in [1.807, 2.05) is 42.5 Å². The molecule has 1 aliphatic rings. The second kappa shape index (κ2) is 6.00. The summed E-state index contributed by atoms with van der Waals surface area (Å²) in [6.45, 7) is 0.558. The number of hydrogen-bond donors (Lipinski definition) is 1. The summed E-state index contributed by atoms with van der Waals surface area (Å²) >= 11 is 0. The number of hydrogen-bond acceptors (Lipinski definition) is 2. The lowest BCUT2D eigenvalue weighted by Crippen LogP contribution is -2.32. The first kappa shape index (κ1) is 14.3. The number of rotatable bonds is 5. The standard InChI is InChI=1S/C17H19NO2S/c19-21(20,18-13-14-5-4-6-14)17-11-9-16(10-12-17)15-7-2-1-3-8-15/h1-3,7-12,14,18H,4-6,13H2. The molecule has 0 amide bonds. The Kier molecular flexibility index (Phi) is 4.08. The van der Waals surface area contributed by atoms with Crippen LogP contribution in [0.3, 0.4) is 0 Å². The van der Waals surface area contributed by atoms with Crippen molar-refractivity contribution in [3.63, 3.8) is 0 Å². The fraction of sp³-hybridized carbons (Fsp3) is 0.294. The Morgan fingerprint density at radius 3 is 2.10 bits per heavy atom. The van der Waals surface area contributed by atoms with Gasteiger partial charge in [0.1, 0.15) is 0 Å². The molecule has 2 aromatic rings. The SMILES string of the molecule is O=S(=O)(NCC1CCC1)c1ccc(-c2ccccc2)cc1. The van der Waals surface area contributed by atoms with Gasteiger partial charge in [-0.25, -0.2) is 13.1 Å². The summed E-state index contributed by atoms with van der Waals surface area (Å²) < 4.78 is 27.1. The molecule has 21 heavy (non-hydrogen) atoms. The molecule has 1 saturated carbocycles. The molecule has 4 heteroatoms. The Labute approximate surface area is 126 Å². The van der Waals surface area contributed by atoms with Crippen LogP contribution in [0, 0.1) is 5.92 Å². The molecule has 1 fully saturated rings. The molecule has 0 heterocycles. The predicted molar refractivity (Wildman–Crippen MR) is 84.4 cm³/mol. The minimum atomic E-state index is -3.38. The molecule has 3 nitrogen and oxygen atoms in total. The van der Waals surface area contributed by atoms with Crippen molar-refractivity contribution in [2.45, 2.75) is 24.2 Å². The zero-order valence-corrected chi connectivity index (χ0v) is 12.6. The van der Waals surface area contributed by atoms with E-state index in [4.69, 9.17) is 0 Å². The maximum Gasteiger partial charge on any atom is 0.240 e. The van der Waals surface area contributed by atoms with Crippen molar-refractivity contribution in [2.24, 2.45) is 5.92 Å². The predicted octanol–water partition coefficient (Wildman–Crippen LogP) is 3.43. The number of sulfonamides is 1. The summed E-state index contributed by atoms with van der Waals surface area (Å²) in [4.78, 5) is 0.335. The summed E-state index contributed by atoms with van der Waals surface area (Å²) in [5, 5.41) is 0. The van der Waals surface area contributed by atoms with E-state index in [0.29, 0.717) is 17.4 Å². The van der Waals surface area contributed by atoms with Crippen molar-refractivity contribution in [1.82, 2.24) is 4.72 Å². The van der Waals surface area contributed by atoms with Gasteiger partial charge in [0.2, 0.25) is 10.0 Å². The van der Waals surface area contributed by atoms with E-state index in [2.05, 4.69) is 4.72 Å². The lowest BCUT2D eigenvalue weighted by molar-refractivity contribution is 0.316. The monoisotopic (exact) mass is 301 g/mol. The van der Waals surface area contributed by atoms with Gasteiger partial charge in [0.05, 0.1) is 4.90 Å². The highest BCUT2D eigenvalue weighted by Crippen LogP contribution is 2.26. The Hall–Kier alpha value is -1.65. The van der Waals surface area contributed by atoms with Crippen molar-refractivity contribution in [3.05, 3.63) is 54.6 Å². The van der Waals surface area contributed by atoms with Gasteiger partial charge in [-0.05, 0) is 42.0 Å². The van der Waals surface area contributed by atoms with E-state index >= 15 is 0 Å². The van der Waals surface area contributed by atoms with E-state index < -0.39 is 10.0 Å². The normalized spacial score (nSPS) is 15.6. The van der Waals surface area contributed by atoms with Gasteiger partial charge in [0.25, 0.3) is 0 Å². The van der Waals surface area contributed by atoms with Crippen molar-refractivity contribution in [1.29, 1.82) is 0 Å². The molecule has 1 N–H and O–H groups in total. The van der Waals surface area contributed by atoms with Gasteiger partial charge in [-0.1, -0.05) is 48.9 Å². The third-order valence-electron chi connectivity index (χ3n) is 4.06. The van der Waals surface area contributed by atoms with Crippen molar-refractivity contribution >= 4 is 10.0 Å². The number of nitrogens with one attached hydrogen (secondary N) is 1. The van der Waals surface area contributed by atoms with Crippen LogP contribution in [0.2, 0.25) is 0 Å².